The number of fused-ring (bicyclic) bond motifs is 1. The molecule has 1 saturated carbocycles. The first kappa shape index (κ1) is 15.9. The van der Waals surface area contributed by atoms with Crippen molar-refractivity contribution < 1.29 is 14.9 Å². The van der Waals surface area contributed by atoms with E-state index in [9.17, 15) is 5.11 Å². The van der Waals surface area contributed by atoms with Crippen LogP contribution in [0.5, 0.6) is 0 Å². The first-order valence-electron chi connectivity index (χ1n) is 8.19. The number of hydrogen-bond acceptors (Lipinski definition) is 5. The summed E-state index contributed by atoms with van der Waals surface area (Å²) in [5, 5.41) is 23.5. The maximum absolute atomic E-state index is 10.1. The van der Waals surface area contributed by atoms with Crippen molar-refractivity contribution in [1.82, 2.24) is 14.7 Å². The van der Waals surface area contributed by atoms with Crippen LogP contribution in [0.2, 0.25) is 0 Å². The predicted molar refractivity (Wildman–Crippen MR) is 82.5 cm³/mol. The summed E-state index contributed by atoms with van der Waals surface area (Å²) in [5.74, 6) is 0. The second-order valence-electron chi connectivity index (χ2n) is 6.66. The highest BCUT2D eigenvalue weighted by Crippen LogP contribution is 2.43. The molecule has 0 amide bonds. The van der Waals surface area contributed by atoms with E-state index < -0.39 is 0 Å². The summed E-state index contributed by atoms with van der Waals surface area (Å²) in [4.78, 5) is 2.43. The van der Waals surface area contributed by atoms with Gasteiger partial charge in [-0.3, -0.25) is 9.58 Å². The third kappa shape index (κ3) is 2.80. The molecule has 2 aliphatic rings. The Hall–Kier alpha value is -0.950. The normalized spacial score (nSPS) is 32.4. The molecule has 1 aromatic rings. The van der Waals surface area contributed by atoms with Crippen molar-refractivity contribution in [2.24, 2.45) is 0 Å². The largest absolute Gasteiger partial charge is 0.394 e. The fourth-order valence-corrected chi connectivity index (χ4v) is 4.11. The number of aromatic nitrogens is 2. The Kier molecular flexibility index (Phi) is 4.54. The molecular weight excluding hydrogens is 282 g/mol. The van der Waals surface area contributed by atoms with Gasteiger partial charge < -0.3 is 14.9 Å². The maximum Gasteiger partial charge on any atom is 0.0847 e. The van der Waals surface area contributed by atoms with Gasteiger partial charge in [0.2, 0.25) is 0 Å². The molecule has 2 unspecified atom stereocenters. The second-order valence-corrected chi connectivity index (χ2v) is 6.66. The van der Waals surface area contributed by atoms with Crippen LogP contribution in [-0.4, -0.2) is 62.9 Å². The monoisotopic (exact) mass is 309 g/mol. The number of aryl methyl sites for hydroxylation is 1. The molecule has 2 fully saturated rings. The Morgan fingerprint density at radius 2 is 2.27 bits per heavy atom. The lowest BCUT2D eigenvalue weighted by atomic mass is 9.79. The van der Waals surface area contributed by atoms with Crippen molar-refractivity contribution in [2.75, 3.05) is 20.3 Å². The van der Waals surface area contributed by atoms with Crippen molar-refractivity contribution >= 4 is 0 Å². The van der Waals surface area contributed by atoms with Crippen molar-refractivity contribution in [3.8, 4) is 0 Å². The van der Waals surface area contributed by atoms with Crippen LogP contribution in [0.1, 0.15) is 36.9 Å². The maximum atomic E-state index is 10.1. The Morgan fingerprint density at radius 1 is 1.45 bits per heavy atom. The third-order valence-electron chi connectivity index (χ3n) is 5.42. The quantitative estimate of drug-likeness (QED) is 0.837. The Labute approximate surface area is 131 Å². The lowest BCUT2D eigenvalue weighted by Crippen LogP contribution is -2.51. The first-order chi connectivity index (χ1) is 10.6. The van der Waals surface area contributed by atoms with E-state index in [0.29, 0.717) is 6.54 Å². The van der Waals surface area contributed by atoms with Crippen LogP contribution in [0.4, 0.5) is 0 Å². The zero-order valence-electron chi connectivity index (χ0n) is 13.5. The van der Waals surface area contributed by atoms with Gasteiger partial charge in [-0.15, -0.1) is 0 Å². The number of nitrogens with zero attached hydrogens (tertiary/aromatic N) is 3. The molecule has 0 spiro atoms. The van der Waals surface area contributed by atoms with Crippen LogP contribution < -0.4 is 0 Å². The SMILES string of the molecule is CO[C@@]12CCC(O)CC1N(Cc1cn(CCO)nc1C)CC2. The third-order valence-corrected chi connectivity index (χ3v) is 5.42. The highest BCUT2D eigenvalue weighted by molar-refractivity contribution is 5.17. The number of ether oxygens (including phenoxy) is 1. The van der Waals surface area contributed by atoms with Gasteiger partial charge in [-0.1, -0.05) is 0 Å². The number of hydrogen-bond donors (Lipinski definition) is 2. The fraction of sp³-hybridized carbons (Fsp3) is 0.812. The molecule has 6 heteroatoms. The van der Waals surface area contributed by atoms with E-state index in [4.69, 9.17) is 9.84 Å². The molecule has 2 heterocycles. The molecule has 0 radical (unpaired) electrons. The van der Waals surface area contributed by atoms with Crippen LogP contribution >= 0.6 is 0 Å². The van der Waals surface area contributed by atoms with E-state index in [0.717, 1.165) is 44.5 Å². The van der Waals surface area contributed by atoms with Crippen molar-refractivity contribution in [3.05, 3.63) is 17.5 Å². The number of aliphatic hydroxyl groups is 2. The summed E-state index contributed by atoms with van der Waals surface area (Å²) in [7, 11) is 1.80. The van der Waals surface area contributed by atoms with E-state index in [1.807, 2.05) is 13.1 Å². The highest BCUT2D eigenvalue weighted by atomic mass is 16.5. The standard InChI is InChI=1S/C16H27N3O3/c1-12-13(11-19(17-12)7-8-20)10-18-6-5-16(22-2)4-3-14(21)9-15(16)18/h11,14-15,20-21H,3-10H2,1-2H3/t14?,15?,16-/m1/s1. The van der Waals surface area contributed by atoms with Gasteiger partial charge in [0.15, 0.2) is 0 Å². The van der Waals surface area contributed by atoms with Crippen molar-refractivity contribution in [1.29, 1.82) is 0 Å². The average molecular weight is 309 g/mol. The molecular formula is C16H27N3O3. The van der Waals surface area contributed by atoms with Gasteiger partial charge >= 0.3 is 0 Å². The van der Waals surface area contributed by atoms with Gasteiger partial charge in [-0.2, -0.15) is 5.10 Å². The molecule has 3 rings (SSSR count). The molecule has 22 heavy (non-hydrogen) atoms. The van der Waals surface area contributed by atoms with Crippen molar-refractivity contribution in [3.63, 3.8) is 0 Å². The summed E-state index contributed by atoms with van der Waals surface area (Å²) in [6, 6.07) is 0.279. The van der Waals surface area contributed by atoms with Crippen LogP contribution in [0, 0.1) is 6.92 Å². The molecule has 1 saturated heterocycles. The molecule has 124 valence electrons. The van der Waals surface area contributed by atoms with Crippen LogP contribution in [0.15, 0.2) is 6.20 Å². The second kappa shape index (κ2) is 6.28. The van der Waals surface area contributed by atoms with E-state index in [1.54, 1.807) is 11.8 Å². The summed E-state index contributed by atoms with van der Waals surface area (Å²) < 4.78 is 7.69. The molecule has 1 aromatic heterocycles. The minimum Gasteiger partial charge on any atom is -0.394 e. The Balaban J connectivity index is 1.75. The van der Waals surface area contributed by atoms with E-state index in [2.05, 4.69) is 10.00 Å². The smallest absolute Gasteiger partial charge is 0.0847 e. The molecule has 1 aliphatic heterocycles. The van der Waals surface area contributed by atoms with E-state index >= 15 is 0 Å². The molecule has 2 N–H and O–H groups in total. The predicted octanol–water partition coefficient (Wildman–Crippen LogP) is 0.688. The summed E-state index contributed by atoms with van der Waals surface area (Å²) in [6.07, 6.45) is 5.41. The van der Waals surface area contributed by atoms with Gasteiger partial charge in [-0.25, -0.2) is 0 Å². The Morgan fingerprint density at radius 3 is 3.00 bits per heavy atom. The zero-order valence-corrected chi connectivity index (χ0v) is 13.5. The van der Waals surface area contributed by atoms with Crippen LogP contribution in [-0.2, 0) is 17.8 Å². The summed E-state index contributed by atoms with van der Waals surface area (Å²) in [5.41, 5.74) is 2.12. The topological polar surface area (TPSA) is 70.8 Å². The molecule has 0 bridgehead atoms. The summed E-state index contributed by atoms with van der Waals surface area (Å²) in [6.45, 7) is 4.48. The fourth-order valence-electron chi connectivity index (χ4n) is 4.11. The van der Waals surface area contributed by atoms with Gasteiger partial charge in [0, 0.05) is 38.0 Å². The van der Waals surface area contributed by atoms with E-state index in [1.165, 1.54) is 5.56 Å². The van der Waals surface area contributed by atoms with Gasteiger partial charge in [-0.05, 0) is 32.6 Å². The minimum absolute atomic E-state index is 0.0891. The molecule has 0 aromatic carbocycles. The number of methoxy groups -OCH3 is 1. The van der Waals surface area contributed by atoms with Crippen LogP contribution in [0.25, 0.3) is 0 Å². The molecule has 3 atom stereocenters. The number of rotatable bonds is 5. The first-order valence-corrected chi connectivity index (χ1v) is 8.19. The number of aliphatic hydroxyl groups excluding tert-OH is 2. The average Bonchev–Trinajstić information content (AvgIpc) is 3.02. The number of likely N-dealkylation sites (tertiary alicyclic amines) is 1. The van der Waals surface area contributed by atoms with Gasteiger partial charge in [0.05, 0.1) is 30.6 Å². The van der Waals surface area contributed by atoms with Crippen molar-refractivity contribution in [2.45, 2.75) is 63.4 Å². The van der Waals surface area contributed by atoms with Gasteiger partial charge in [0.1, 0.15) is 0 Å². The minimum atomic E-state index is -0.216. The zero-order chi connectivity index (χ0) is 15.7. The summed E-state index contributed by atoms with van der Waals surface area (Å²) >= 11 is 0. The highest BCUT2D eigenvalue weighted by Gasteiger charge is 2.50. The van der Waals surface area contributed by atoms with E-state index in [-0.39, 0.29) is 24.4 Å². The molecule has 1 aliphatic carbocycles. The molecule has 6 nitrogen and oxygen atoms in total. The Bertz CT molecular complexity index is 519. The van der Waals surface area contributed by atoms with Crippen LogP contribution in [0.3, 0.4) is 0 Å². The lowest BCUT2D eigenvalue weighted by Gasteiger charge is -2.42. The lowest BCUT2D eigenvalue weighted by molar-refractivity contribution is -0.0879. The van der Waals surface area contributed by atoms with Gasteiger partial charge in [0.25, 0.3) is 0 Å².